The van der Waals surface area contributed by atoms with Crippen molar-refractivity contribution in [1.29, 1.82) is 0 Å². The molecule has 0 amide bonds. The van der Waals surface area contributed by atoms with E-state index in [9.17, 15) is 4.79 Å². The van der Waals surface area contributed by atoms with Crippen LogP contribution in [0.5, 0.6) is 0 Å². The number of nitrogens with one attached hydrogen (secondary N) is 1. The number of carbonyl (C=O) groups is 1. The lowest BCUT2D eigenvalue weighted by Crippen LogP contribution is -2.18. The summed E-state index contributed by atoms with van der Waals surface area (Å²) in [6, 6.07) is 10.2. The molecule has 0 aliphatic rings. The van der Waals surface area contributed by atoms with Crippen LogP contribution in [0.15, 0.2) is 35.7 Å². The number of benzene rings is 1. The van der Waals surface area contributed by atoms with Gasteiger partial charge in [-0.3, -0.25) is 0 Å². The van der Waals surface area contributed by atoms with E-state index < -0.39 is 0 Å². The first-order valence-corrected chi connectivity index (χ1v) is 7.89. The van der Waals surface area contributed by atoms with Crippen molar-refractivity contribution in [3.8, 4) is 0 Å². The molecule has 112 valence electrons. The highest BCUT2D eigenvalue weighted by Gasteiger charge is 2.20. The van der Waals surface area contributed by atoms with Crippen molar-refractivity contribution in [2.24, 2.45) is 5.92 Å². The van der Waals surface area contributed by atoms with E-state index in [0.717, 1.165) is 11.3 Å². The molecule has 1 heterocycles. The maximum absolute atomic E-state index is 12.0. The number of methoxy groups -OCH3 is 1. The summed E-state index contributed by atoms with van der Waals surface area (Å²) in [5, 5.41) is 5.57. The predicted octanol–water partition coefficient (Wildman–Crippen LogP) is 4.65. The molecule has 1 atom stereocenters. The van der Waals surface area contributed by atoms with Gasteiger partial charge >= 0.3 is 5.97 Å². The summed E-state index contributed by atoms with van der Waals surface area (Å²) >= 11 is 1.72. The molecule has 1 aromatic heterocycles. The van der Waals surface area contributed by atoms with Gasteiger partial charge in [0.1, 0.15) is 0 Å². The summed E-state index contributed by atoms with van der Waals surface area (Å²) in [6.45, 7) is 6.31. The van der Waals surface area contributed by atoms with Crippen molar-refractivity contribution < 1.29 is 9.53 Å². The molecule has 1 unspecified atom stereocenters. The van der Waals surface area contributed by atoms with Gasteiger partial charge in [0.15, 0.2) is 0 Å². The number of ether oxygens (including phenoxy) is 1. The van der Waals surface area contributed by atoms with Crippen LogP contribution in [0.3, 0.4) is 0 Å². The number of anilines is 1. The van der Waals surface area contributed by atoms with Crippen LogP contribution < -0.4 is 5.32 Å². The number of esters is 1. The van der Waals surface area contributed by atoms with Crippen molar-refractivity contribution in [3.05, 3.63) is 51.7 Å². The first-order chi connectivity index (χ1) is 10.0. The molecule has 0 fully saturated rings. The maximum Gasteiger partial charge on any atom is 0.339 e. The summed E-state index contributed by atoms with van der Waals surface area (Å²) in [5.41, 5.74) is 2.44. The fourth-order valence-corrected chi connectivity index (χ4v) is 3.21. The Balaban J connectivity index is 2.35. The van der Waals surface area contributed by atoms with Crippen molar-refractivity contribution in [1.82, 2.24) is 0 Å². The Morgan fingerprint density at radius 1 is 1.29 bits per heavy atom. The van der Waals surface area contributed by atoms with Crippen LogP contribution in [-0.4, -0.2) is 13.1 Å². The second-order valence-electron chi connectivity index (χ2n) is 5.42. The molecule has 0 spiro atoms. The minimum atomic E-state index is -0.310. The van der Waals surface area contributed by atoms with Crippen LogP contribution in [0, 0.1) is 12.8 Å². The lowest BCUT2D eigenvalue weighted by atomic mass is 10.0. The van der Waals surface area contributed by atoms with Crippen LogP contribution in [0.4, 0.5) is 5.69 Å². The minimum absolute atomic E-state index is 0.177. The van der Waals surface area contributed by atoms with Gasteiger partial charge in [0.25, 0.3) is 0 Å². The first kappa shape index (κ1) is 15.6. The molecule has 1 N–H and O–H groups in total. The van der Waals surface area contributed by atoms with Crippen LogP contribution in [-0.2, 0) is 4.74 Å². The molecule has 3 nitrogen and oxygen atoms in total. The zero-order chi connectivity index (χ0) is 15.4. The second kappa shape index (κ2) is 6.76. The molecule has 0 saturated heterocycles. The van der Waals surface area contributed by atoms with Crippen LogP contribution in [0.25, 0.3) is 0 Å². The summed E-state index contributed by atoms with van der Waals surface area (Å²) in [5.74, 6) is 0.102. The number of aryl methyl sites for hydroxylation is 1. The van der Waals surface area contributed by atoms with Gasteiger partial charge in [-0.2, -0.15) is 0 Å². The molecule has 4 heteroatoms. The fraction of sp³-hybridized carbons (Fsp3) is 0.353. The monoisotopic (exact) mass is 303 g/mol. The van der Waals surface area contributed by atoms with E-state index in [2.05, 4.69) is 30.6 Å². The molecule has 0 aliphatic heterocycles. The van der Waals surface area contributed by atoms with Crippen molar-refractivity contribution in [2.75, 3.05) is 12.4 Å². The zero-order valence-corrected chi connectivity index (χ0v) is 13.7. The van der Waals surface area contributed by atoms with E-state index >= 15 is 0 Å². The van der Waals surface area contributed by atoms with Gasteiger partial charge in [0.2, 0.25) is 0 Å². The van der Waals surface area contributed by atoms with E-state index in [-0.39, 0.29) is 12.0 Å². The van der Waals surface area contributed by atoms with E-state index in [1.165, 1.54) is 12.0 Å². The summed E-state index contributed by atoms with van der Waals surface area (Å²) < 4.78 is 4.89. The average Bonchev–Trinajstić information content (AvgIpc) is 2.98. The zero-order valence-electron chi connectivity index (χ0n) is 12.8. The van der Waals surface area contributed by atoms with Crippen LogP contribution >= 0.6 is 11.3 Å². The highest BCUT2D eigenvalue weighted by molar-refractivity contribution is 7.10. The Labute approximate surface area is 130 Å². The molecule has 21 heavy (non-hydrogen) atoms. The Bertz CT molecular complexity index is 605. The Hall–Kier alpha value is -1.81. The van der Waals surface area contributed by atoms with E-state index in [0.29, 0.717) is 11.5 Å². The van der Waals surface area contributed by atoms with Crippen LogP contribution in [0.2, 0.25) is 0 Å². The average molecular weight is 303 g/mol. The first-order valence-electron chi connectivity index (χ1n) is 7.02. The molecule has 1 aromatic carbocycles. The Morgan fingerprint density at radius 2 is 2.05 bits per heavy atom. The highest BCUT2D eigenvalue weighted by Crippen LogP contribution is 2.31. The van der Waals surface area contributed by atoms with Gasteiger partial charge in [0.05, 0.1) is 18.7 Å². The summed E-state index contributed by atoms with van der Waals surface area (Å²) in [6.07, 6.45) is 0. The maximum atomic E-state index is 12.0. The third kappa shape index (κ3) is 3.64. The third-order valence-corrected chi connectivity index (χ3v) is 4.36. The molecule has 2 rings (SSSR count). The van der Waals surface area contributed by atoms with Gasteiger partial charge in [0, 0.05) is 10.6 Å². The number of rotatable bonds is 5. The van der Waals surface area contributed by atoms with Gasteiger partial charge in [-0.25, -0.2) is 4.79 Å². The fourth-order valence-electron chi connectivity index (χ4n) is 2.26. The number of hydrogen-bond acceptors (Lipinski definition) is 4. The number of thiophene rings is 1. The van der Waals surface area contributed by atoms with E-state index in [4.69, 9.17) is 4.74 Å². The largest absolute Gasteiger partial charge is 0.465 e. The quantitative estimate of drug-likeness (QED) is 0.817. The molecule has 0 bridgehead atoms. The molecule has 0 aliphatic carbocycles. The Morgan fingerprint density at radius 3 is 2.62 bits per heavy atom. The second-order valence-corrected chi connectivity index (χ2v) is 6.40. The normalized spacial score (nSPS) is 12.2. The lowest BCUT2D eigenvalue weighted by Gasteiger charge is -2.24. The topological polar surface area (TPSA) is 38.3 Å². The van der Waals surface area contributed by atoms with Gasteiger partial charge < -0.3 is 10.1 Å². The van der Waals surface area contributed by atoms with Gasteiger partial charge in [-0.1, -0.05) is 31.5 Å². The van der Waals surface area contributed by atoms with Crippen molar-refractivity contribution in [3.63, 3.8) is 0 Å². The lowest BCUT2D eigenvalue weighted by molar-refractivity contribution is 0.0601. The number of hydrogen-bond donors (Lipinski definition) is 1. The van der Waals surface area contributed by atoms with Crippen LogP contribution in [0.1, 0.15) is 40.7 Å². The molecular weight excluding hydrogens is 282 g/mol. The van der Waals surface area contributed by atoms with E-state index in [1.54, 1.807) is 11.3 Å². The third-order valence-electron chi connectivity index (χ3n) is 3.41. The smallest absolute Gasteiger partial charge is 0.339 e. The molecular formula is C17H21NO2S. The highest BCUT2D eigenvalue weighted by atomic mass is 32.1. The van der Waals surface area contributed by atoms with E-state index in [1.807, 2.05) is 31.2 Å². The van der Waals surface area contributed by atoms with Gasteiger partial charge in [-0.15, -0.1) is 11.3 Å². The standard InChI is InChI=1S/C17H21NO2S/c1-11(2)16(15-6-5-9-21-15)18-14-8-7-12(3)10-13(14)17(19)20-4/h5-11,16,18H,1-4H3. The minimum Gasteiger partial charge on any atom is -0.465 e. The molecule has 0 saturated carbocycles. The molecule has 2 aromatic rings. The number of carbonyl (C=O) groups excluding carboxylic acids is 1. The van der Waals surface area contributed by atoms with Crippen molar-refractivity contribution in [2.45, 2.75) is 26.8 Å². The predicted molar refractivity (Wildman–Crippen MR) is 88.0 cm³/mol. The van der Waals surface area contributed by atoms with Gasteiger partial charge in [-0.05, 0) is 36.4 Å². The summed E-state index contributed by atoms with van der Waals surface area (Å²) in [4.78, 5) is 13.2. The summed E-state index contributed by atoms with van der Waals surface area (Å²) in [7, 11) is 1.41. The Kier molecular flexibility index (Phi) is 5.02. The van der Waals surface area contributed by atoms with Crippen molar-refractivity contribution >= 4 is 23.0 Å². The SMILES string of the molecule is COC(=O)c1cc(C)ccc1NC(c1cccs1)C(C)C. The molecule has 0 radical (unpaired) electrons.